The number of methoxy groups -OCH3 is 1. The van der Waals surface area contributed by atoms with Crippen LogP contribution in [0.5, 0.6) is 5.88 Å². The van der Waals surface area contributed by atoms with Gasteiger partial charge >= 0.3 is 0 Å². The molecule has 0 saturated carbocycles. The number of nitrogens with zero attached hydrogens (tertiary/aromatic N) is 3. The predicted octanol–water partition coefficient (Wildman–Crippen LogP) is 3.03. The van der Waals surface area contributed by atoms with E-state index in [9.17, 15) is 8.42 Å². The van der Waals surface area contributed by atoms with Gasteiger partial charge in [0.25, 0.3) is 0 Å². The van der Waals surface area contributed by atoms with Crippen LogP contribution in [0.1, 0.15) is 5.56 Å². The number of aromatic nitrogens is 3. The van der Waals surface area contributed by atoms with Crippen LogP contribution >= 0.6 is 11.3 Å². The van der Waals surface area contributed by atoms with E-state index in [1.165, 1.54) is 11.3 Å². The molecular formula is C16H17N5O3S2. The molecule has 0 bridgehead atoms. The molecule has 26 heavy (non-hydrogen) atoms. The fourth-order valence-electron chi connectivity index (χ4n) is 2.26. The molecule has 2 heterocycles. The van der Waals surface area contributed by atoms with E-state index in [1.54, 1.807) is 25.6 Å². The molecule has 3 rings (SSSR count). The fourth-order valence-corrected chi connectivity index (χ4v) is 3.90. The van der Waals surface area contributed by atoms with Crippen LogP contribution in [0, 0.1) is 6.92 Å². The molecule has 0 unspecified atom stereocenters. The molecule has 0 aliphatic heterocycles. The number of aryl methyl sites for hydroxylation is 1. The number of benzene rings is 1. The van der Waals surface area contributed by atoms with E-state index in [0.29, 0.717) is 17.0 Å². The van der Waals surface area contributed by atoms with Gasteiger partial charge in [-0.2, -0.15) is 4.98 Å². The highest BCUT2D eigenvalue weighted by Crippen LogP contribution is 2.32. The molecular weight excluding hydrogens is 374 g/mol. The summed E-state index contributed by atoms with van der Waals surface area (Å²) in [6, 6.07) is 7.55. The van der Waals surface area contributed by atoms with Gasteiger partial charge in [-0.1, -0.05) is 17.4 Å². The van der Waals surface area contributed by atoms with Crippen molar-refractivity contribution in [1.29, 1.82) is 0 Å². The van der Waals surface area contributed by atoms with E-state index < -0.39 is 10.0 Å². The largest absolute Gasteiger partial charge is 0.481 e. The third kappa shape index (κ3) is 4.67. The predicted molar refractivity (Wildman–Crippen MR) is 103 cm³/mol. The molecule has 0 atom stereocenters. The highest BCUT2D eigenvalue weighted by atomic mass is 32.2. The van der Waals surface area contributed by atoms with Gasteiger partial charge in [0.15, 0.2) is 5.13 Å². The first-order valence-electron chi connectivity index (χ1n) is 7.52. The third-order valence-corrected chi connectivity index (χ3v) is 4.89. The van der Waals surface area contributed by atoms with Crippen LogP contribution in [0.4, 0.5) is 16.8 Å². The maximum absolute atomic E-state index is 11.3. The molecule has 0 saturated heterocycles. The van der Waals surface area contributed by atoms with Crippen LogP contribution in [-0.2, 0) is 10.0 Å². The molecule has 1 aromatic carbocycles. The first-order chi connectivity index (χ1) is 12.3. The normalized spacial score (nSPS) is 11.2. The number of anilines is 3. The Bertz CT molecular complexity index is 1030. The zero-order valence-electron chi connectivity index (χ0n) is 14.3. The monoisotopic (exact) mass is 391 g/mol. The van der Waals surface area contributed by atoms with Crippen LogP contribution in [0.25, 0.3) is 10.4 Å². The molecule has 0 amide bonds. The summed E-state index contributed by atoms with van der Waals surface area (Å²) < 4.78 is 30.1. The molecule has 2 N–H and O–H groups in total. The summed E-state index contributed by atoms with van der Waals surface area (Å²) in [5.74, 6) is 0.888. The van der Waals surface area contributed by atoms with Gasteiger partial charge in [-0.05, 0) is 30.2 Å². The highest BCUT2D eigenvalue weighted by molar-refractivity contribution is 7.92. The first kappa shape index (κ1) is 18.1. The minimum Gasteiger partial charge on any atom is -0.481 e. The average molecular weight is 391 g/mol. The maximum Gasteiger partial charge on any atom is 0.231 e. The summed E-state index contributed by atoms with van der Waals surface area (Å²) >= 11 is 1.26. The number of ether oxygens (including phenoxy) is 1. The highest BCUT2D eigenvalue weighted by Gasteiger charge is 2.10. The van der Waals surface area contributed by atoms with E-state index in [-0.39, 0.29) is 0 Å². The summed E-state index contributed by atoms with van der Waals surface area (Å²) in [5, 5.41) is 3.47. The maximum atomic E-state index is 11.3. The number of nitrogens with one attached hydrogen (secondary N) is 2. The van der Waals surface area contributed by atoms with E-state index in [0.717, 1.165) is 27.9 Å². The van der Waals surface area contributed by atoms with Gasteiger partial charge in [-0.15, -0.1) is 0 Å². The molecule has 0 radical (unpaired) electrons. The lowest BCUT2D eigenvalue weighted by atomic mass is 10.1. The van der Waals surface area contributed by atoms with Crippen molar-refractivity contribution in [2.24, 2.45) is 0 Å². The lowest BCUT2D eigenvalue weighted by Gasteiger charge is -2.09. The quantitative estimate of drug-likeness (QED) is 0.665. The van der Waals surface area contributed by atoms with Crippen LogP contribution in [-0.4, -0.2) is 36.7 Å². The van der Waals surface area contributed by atoms with Crippen molar-refractivity contribution in [2.45, 2.75) is 6.92 Å². The molecule has 2 aromatic heterocycles. The van der Waals surface area contributed by atoms with E-state index in [4.69, 9.17) is 4.74 Å². The Morgan fingerprint density at radius 2 is 2.00 bits per heavy atom. The minimum absolute atomic E-state index is 0.328. The number of thiazole rings is 1. The number of hydrogen-bond acceptors (Lipinski definition) is 8. The molecule has 136 valence electrons. The van der Waals surface area contributed by atoms with Crippen LogP contribution in [0.15, 0.2) is 36.7 Å². The Balaban J connectivity index is 1.88. The van der Waals surface area contributed by atoms with Gasteiger partial charge in [-0.3, -0.25) is 4.72 Å². The van der Waals surface area contributed by atoms with Crippen LogP contribution in [0.3, 0.4) is 0 Å². The Labute approximate surface area is 155 Å². The van der Waals surface area contributed by atoms with E-state index in [1.807, 2.05) is 25.1 Å². The first-order valence-corrected chi connectivity index (χ1v) is 10.2. The summed E-state index contributed by atoms with van der Waals surface area (Å²) in [5.41, 5.74) is 2.74. The zero-order valence-corrected chi connectivity index (χ0v) is 16.0. The molecule has 10 heteroatoms. The van der Waals surface area contributed by atoms with Crippen molar-refractivity contribution >= 4 is 38.1 Å². The summed E-state index contributed by atoms with van der Waals surface area (Å²) in [4.78, 5) is 13.4. The molecule has 8 nitrogen and oxygen atoms in total. The topological polar surface area (TPSA) is 106 Å². The van der Waals surface area contributed by atoms with Crippen LogP contribution < -0.4 is 14.8 Å². The minimum atomic E-state index is -3.35. The van der Waals surface area contributed by atoms with Crippen molar-refractivity contribution in [3.8, 4) is 16.3 Å². The van der Waals surface area contributed by atoms with E-state index in [2.05, 4.69) is 25.0 Å². The second-order valence-corrected chi connectivity index (χ2v) is 8.32. The molecule has 0 aliphatic carbocycles. The molecule has 0 spiro atoms. The standard InChI is InChI=1S/C16H17N5O3S2/c1-10-6-11(13-9-18-16(25-13)21-26(3,22)23)8-12(7-10)19-15-17-5-4-14(20-15)24-2/h4-9H,1-3H3,(H,18,21)(H,17,19,20). The van der Waals surface area contributed by atoms with Crippen molar-refractivity contribution in [2.75, 3.05) is 23.4 Å². The van der Waals surface area contributed by atoms with Crippen molar-refractivity contribution in [3.05, 3.63) is 42.2 Å². The van der Waals surface area contributed by atoms with Gasteiger partial charge in [0.1, 0.15) is 0 Å². The SMILES string of the molecule is COc1ccnc(Nc2cc(C)cc(-c3cnc(NS(C)(=O)=O)s3)c2)n1. The van der Waals surface area contributed by atoms with Crippen LogP contribution in [0.2, 0.25) is 0 Å². The van der Waals surface area contributed by atoms with Crippen molar-refractivity contribution in [3.63, 3.8) is 0 Å². The van der Waals surface area contributed by atoms with Gasteiger partial charge < -0.3 is 10.1 Å². The summed E-state index contributed by atoms with van der Waals surface area (Å²) in [6.45, 7) is 1.97. The van der Waals surface area contributed by atoms with Crippen molar-refractivity contribution < 1.29 is 13.2 Å². The van der Waals surface area contributed by atoms with Gasteiger partial charge in [0.2, 0.25) is 21.9 Å². The number of rotatable bonds is 6. The Kier molecular flexibility index (Phi) is 5.05. The second-order valence-electron chi connectivity index (χ2n) is 5.54. The fraction of sp³-hybridized carbons (Fsp3) is 0.188. The lowest BCUT2D eigenvalue weighted by Crippen LogP contribution is -2.08. The van der Waals surface area contributed by atoms with Crippen molar-refractivity contribution in [1.82, 2.24) is 15.0 Å². The Hall–Kier alpha value is -2.72. The van der Waals surface area contributed by atoms with Gasteiger partial charge in [0.05, 0.1) is 18.2 Å². The molecule has 0 aliphatic rings. The van der Waals surface area contributed by atoms with Gasteiger partial charge in [-0.25, -0.2) is 18.4 Å². The zero-order chi connectivity index (χ0) is 18.7. The average Bonchev–Trinajstić information content (AvgIpc) is 3.01. The third-order valence-electron chi connectivity index (χ3n) is 3.24. The number of hydrogen-bond donors (Lipinski definition) is 2. The summed E-state index contributed by atoms with van der Waals surface area (Å²) in [7, 11) is -1.81. The Morgan fingerprint density at radius 3 is 2.73 bits per heavy atom. The lowest BCUT2D eigenvalue weighted by molar-refractivity contribution is 0.397. The van der Waals surface area contributed by atoms with E-state index >= 15 is 0 Å². The summed E-state index contributed by atoms with van der Waals surface area (Å²) in [6.07, 6.45) is 4.34. The molecule has 3 aromatic rings. The second kappa shape index (κ2) is 7.26. The Morgan fingerprint density at radius 1 is 1.19 bits per heavy atom. The number of sulfonamides is 1. The molecule has 0 fully saturated rings. The smallest absolute Gasteiger partial charge is 0.231 e. The van der Waals surface area contributed by atoms with Gasteiger partial charge in [0, 0.05) is 24.1 Å².